The summed E-state index contributed by atoms with van der Waals surface area (Å²) in [6.07, 6.45) is 0.107. The number of halogens is 1. The lowest BCUT2D eigenvalue weighted by Gasteiger charge is -2.50. The molecule has 2 N–H and O–H groups in total. The lowest BCUT2D eigenvalue weighted by molar-refractivity contribution is -0.175. The molecular weight excluding hydrogens is 831 g/mol. The Morgan fingerprint density at radius 2 is 1.93 bits per heavy atom. The van der Waals surface area contributed by atoms with E-state index in [-0.39, 0.29) is 34.1 Å². The van der Waals surface area contributed by atoms with Gasteiger partial charge in [-0.3, -0.25) is 24.8 Å². The topological polar surface area (TPSA) is 233 Å². The molecule has 5 heterocycles. The van der Waals surface area contributed by atoms with Crippen LogP contribution >= 0.6 is 34.7 Å². The molecule has 0 unspecified atom stereocenters. The highest BCUT2D eigenvalue weighted by Crippen LogP contribution is 2.40. The fourth-order valence-corrected chi connectivity index (χ4v) is 7.51. The zero-order valence-corrected chi connectivity index (χ0v) is 34.7. The molecule has 3 amide bonds. The van der Waals surface area contributed by atoms with E-state index in [0.717, 1.165) is 21.8 Å². The van der Waals surface area contributed by atoms with E-state index in [0.29, 0.717) is 28.5 Å². The number of rotatable bonds is 15. The van der Waals surface area contributed by atoms with Gasteiger partial charge in [-0.25, -0.2) is 19.3 Å². The van der Waals surface area contributed by atoms with E-state index in [2.05, 4.69) is 45.9 Å². The van der Waals surface area contributed by atoms with Crippen LogP contribution < -0.4 is 20.1 Å². The van der Waals surface area contributed by atoms with E-state index in [1.165, 1.54) is 35.4 Å². The van der Waals surface area contributed by atoms with Crippen LogP contribution in [0.1, 0.15) is 44.8 Å². The van der Waals surface area contributed by atoms with Crippen molar-refractivity contribution in [1.82, 2.24) is 40.4 Å². The van der Waals surface area contributed by atoms with Crippen LogP contribution in [0.25, 0.3) is 5.70 Å². The highest BCUT2D eigenvalue weighted by molar-refractivity contribution is 7.99. The summed E-state index contributed by atoms with van der Waals surface area (Å²) in [6, 6.07) is 7.77. The predicted octanol–water partition coefficient (Wildman–Crippen LogP) is 3.21. The summed E-state index contributed by atoms with van der Waals surface area (Å²) in [5.41, 5.74) is 0.191. The summed E-state index contributed by atoms with van der Waals surface area (Å²) < 4.78 is 28.1. The molecule has 24 heteroatoms. The maximum atomic E-state index is 14.2. The number of oxime groups is 1. The van der Waals surface area contributed by atoms with Crippen molar-refractivity contribution in [3.05, 3.63) is 69.7 Å². The quantitative estimate of drug-likeness (QED) is 0.0574. The molecule has 3 atom stereocenters. The molecule has 0 aliphatic carbocycles. The Hall–Kier alpha value is -5.78. The van der Waals surface area contributed by atoms with Gasteiger partial charge in [0.2, 0.25) is 6.10 Å². The molecule has 0 spiro atoms. The number of anilines is 1. The number of hydrogen-bond acceptors (Lipinski definition) is 18. The minimum atomic E-state index is -1.37. The molecule has 1 aromatic carbocycles. The zero-order chi connectivity index (χ0) is 42.4. The molecule has 6 rings (SSSR count). The van der Waals surface area contributed by atoms with Crippen molar-refractivity contribution in [1.29, 1.82) is 0 Å². The van der Waals surface area contributed by atoms with E-state index in [1.54, 1.807) is 52.4 Å². The van der Waals surface area contributed by atoms with Crippen LogP contribution in [0.15, 0.2) is 58.3 Å². The molecule has 0 bridgehead atoms. The molecule has 59 heavy (non-hydrogen) atoms. The van der Waals surface area contributed by atoms with Gasteiger partial charge in [-0.1, -0.05) is 28.1 Å². The van der Waals surface area contributed by atoms with Gasteiger partial charge in [0.25, 0.3) is 11.8 Å². The van der Waals surface area contributed by atoms with Gasteiger partial charge in [0.15, 0.2) is 28.9 Å². The third-order valence-electron chi connectivity index (χ3n) is 8.34. The van der Waals surface area contributed by atoms with Gasteiger partial charge < -0.3 is 33.8 Å². The maximum absolute atomic E-state index is 14.2. The van der Waals surface area contributed by atoms with E-state index in [1.807, 2.05) is 18.2 Å². The fraction of sp³-hybridized carbons (Fsp3) is 0.371. The molecule has 20 nitrogen and oxygen atoms in total. The van der Waals surface area contributed by atoms with E-state index in [9.17, 15) is 19.2 Å². The number of methoxy groups -OCH3 is 2. The molecule has 4 aromatic rings. The van der Waals surface area contributed by atoms with Crippen LogP contribution in [-0.4, -0.2) is 123 Å². The summed E-state index contributed by atoms with van der Waals surface area (Å²) >= 11 is 8.77. The number of fused-ring (bicyclic) bond motifs is 1. The second kappa shape index (κ2) is 18.4. The lowest BCUT2D eigenvalue weighted by atomic mass is 9.98. The van der Waals surface area contributed by atoms with E-state index >= 15 is 0 Å². The van der Waals surface area contributed by atoms with Crippen LogP contribution in [0.3, 0.4) is 0 Å². The number of amides is 3. The molecule has 2 aliphatic rings. The maximum Gasteiger partial charge on any atom is 0.413 e. The normalized spacial score (nSPS) is 17.0. The molecule has 308 valence electrons. The zero-order valence-electron chi connectivity index (χ0n) is 32.3. The number of ether oxygens (including phenoxy) is 4. The second-order valence-electron chi connectivity index (χ2n) is 13.5. The first-order chi connectivity index (χ1) is 28.2. The van der Waals surface area contributed by atoms with Crippen molar-refractivity contribution in [3.63, 3.8) is 0 Å². The fourth-order valence-electron chi connectivity index (χ4n) is 5.60. The molecule has 0 saturated carbocycles. The number of benzene rings is 1. The third kappa shape index (κ3) is 9.92. The Morgan fingerprint density at radius 1 is 1.17 bits per heavy atom. The van der Waals surface area contributed by atoms with Gasteiger partial charge >= 0.3 is 20.1 Å². The molecular formula is C35H36BClN10O10S2. The van der Waals surface area contributed by atoms with Crippen molar-refractivity contribution in [2.45, 2.75) is 63.1 Å². The molecule has 1 saturated heterocycles. The number of nitrogens with one attached hydrogen (secondary N) is 2. The first-order valence-electron chi connectivity index (χ1n) is 17.5. The van der Waals surface area contributed by atoms with Gasteiger partial charge in [-0.15, -0.1) is 16.9 Å². The number of thioether (sulfide) groups is 1. The highest BCUT2D eigenvalue weighted by Gasteiger charge is 2.55. The number of β-lactam (4-membered cyclic amide) rings is 1. The van der Waals surface area contributed by atoms with Crippen molar-refractivity contribution < 1.29 is 47.6 Å². The Labute approximate surface area is 351 Å². The van der Waals surface area contributed by atoms with Crippen LogP contribution in [0.2, 0.25) is 4.34 Å². The van der Waals surface area contributed by atoms with Crippen molar-refractivity contribution in [2.24, 2.45) is 5.16 Å². The smallest absolute Gasteiger partial charge is 0.413 e. The molecule has 3 aromatic heterocycles. The van der Waals surface area contributed by atoms with Crippen LogP contribution in [0.5, 0.6) is 11.5 Å². The molecule has 2 radical (unpaired) electrons. The summed E-state index contributed by atoms with van der Waals surface area (Å²) in [6.45, 7) is 6.49. The number of carbonyl (C=O) groups is 4. The number of carbonyl (C=O) groups excluding carboxylic acids is 4. The van der Waals surface area contributed by atoms with Crippen LogP contribution in [0.4, 0.5) is 9.93 Å². The first kappa shape index (κ1) is 42.8. The third-order valence-corrected chi connectivity index (χ3v) is 10.6. The van der Waals surface area contributed by atoms with Crippen LogP contribution in [-0.2, 0) is 39.9 Å². The minimum Gasteiger partial charge on any atom is -0.541 e. The number of tetrazole rings is 1. The largest absolute Gasteiger partial charge is 0.541 e. The summed E-state index contributed by atoms with van der Waals surface area (Å²) in [4.78, 5) is 68.5. The minimum absolute atomic E-state index is 0.0351. The first-order valence-corrected chi connectivity index (χ1v) is 19.7. The van der Waals surface area contributed by atoms with Gasteiger partial charge in [-0.05, 0) is 68.0 Å². The average molecular weight is 867 g/mol. The standard InChI is InChI=1S/C35H36BClN10O10S2/c1-17(32(50)56-36)57-43-24(23-27(37)59-33(40-23)41-34(51)55-35(2,3)4)29(48)39-25-30(49)47-26(19(15-54-31(25)47)16-58-21-9-11-38-12-10-21)28-42-44-45-46(28)14-18-7-8-20(52-5)13-22(18)53-6/h7-13,17,25,31H,14-16H2,1-6H3,(H,39,48)(H,40,41,51)/b43-24-/t17-,25+,31+/m0/s1. The number of aromatic nitrogens is 6. The lowest BCUT2D eigenvalue weighted by Crippen LogP contribution is -2.72. The van der Waals surface area contributed by atoms with E-state index < -0.39 is 53.6 Å². The average Bonchev–Trinajstić information content (AvgIpc) is 3.83. The Balaban J connectivity index is 1.29. The predicted molar refractivity (Wildman–Crippen MR) is 213 cm³/mol. The number of nitrogens with zero attached hydrogens (tertiary/aromatic N) is 8. The summed E-state index contributed by atoms with van der Waals surface area (Å²) in [5, 5.41) is 21.4. The SMILES string of the molecule is [B]OC(=O)[C@H](C)O/N=C(\C(=O)N[C@@H]1C(=O)N2C(c3nnnn3Cc3ccc(OC)cc3OC)=C(CSc3ccncc3)CO[C@H]12)c1nc(NC(=O)OC(C)(C)C)sc1Cl. The monoisotopic (exact) mass is 866 g/mol. The molecule has 2 aliphatic heterocycles. The van der Waals surface area contributed by atoms with Crippen molar-refractivity contribution in [3.8, 4) is 11.5 Å². The second-order valence-corrected chi connectivity index (χ2v) is 16.2. The van der Waals surface area contributed by atoms with E-state index in [4.69, 9.17) is 43.4 Å². The summed E-state index contributed by atoms with van der Waals surface area (Å²) in [7, 11) is 8.07. The molecule has 1 fully saturated rings. The summed E-state index contributed by atoms with van der Waals surface area (Å²) in [5.74, 6) is -0.800. The highest BCUT2D eigenvalue weighted by atomic mass is 35.5. The Kier molecular flexibility index (Phi) is 13.4. The van der Waals surface area contributed by atoms with Gasteiger partial charge in [-0.2, -0.15) is 0 Å². The Morgan fingerprint density at radius 3 is 2.63 bits per heavy atom. The van der Waals surface area contributed by atoms with Crippen molar-refractivity contribution >= 4 is 83.2 Å². The van der Waals surface area contributed by atoms with Gasteiger partial charge in [0.1, 0.15) is 27.1 Å². The van der Waals surface area contributed by atoms with Crippen molar-refractivity contribution in [2.75, 3.05) is 31.9 Å². The Bertz CT molecular complexity index is 2290. The number of pyridine rings is 1. The number of thiazole rings is 1. The van der Waals surface area contributed by atoms with Gasteiger partial charge in [0, 0.05) is 34.7 Å². The van der Waals surface area contributed by atoms with Crippen LogP contribution in [0, 0.1) is 0 Å². The van der Waals surface area contributed by atoms with Gasteiger partial charge in [0.05, 0.1) is 33.1 Å². The number of hydrogen-bond donors (Lipinski definition) is 2.